The van der Waals surface area contributed by atoms with Gasteiger partial charge >= 0.3 is 12.3 Å². The van der Waals surface area contributed by atoms with Crippen molar-refractivity contribution >= 4 is 0 Å². The van der Waals surface area contributed by atoms with Crippen LogP contribution >= 0.6 is 0 Å². The van der Waals surface area contributed by atoms with E-state index < -0.39 is 24.2 Å². The van der Waals surface area contributed by atoms with Gasteiger partial charge < -0.3 is 4.74 Å². The third kappa shape index (κ3) is 6.32. The Morgan fingerprint density at radius 1 is 0.969 bits per heavy atom. The molecule has 1 nitrogen and oxygen atoms in total. The van der Waals surface area contributed by atoms with Crippen molar-refractivity contribution in [3.05, 3.63) is 54.1 Å². The quantitative estimate of drug-likeness (QED) is 0.279. The van der Waals surface area contributed by atoms with E-state index in [1.54, 1.807) is 12.1 Å². The van der Waals surface area contributed by atoms with Crippen LogP contribution in [0.4, 0.5) is 26.3 Å². The van der Waals surface area contributed by atoms with Crippen molar-refractivity contribution in [3.63, 3.8) is 0 Å². The van der Waals surface area contributed by atoms with Gasteiger partial charge in [-0.25, -0.2) is 4.39 Å². The Kier molecular flexibility index (Phi) is 7.99. The average molecular weight is 461 g/mol. The van der Waals surface area contributed by atoms with Crippen LogP contribution in [0.2, 0.25) is 0 Å². The highest BCUT2D eigenvalue weighted by molar-refractivity contribution is 5.30. The second kappa shape index (κ2) is 10.3. The highest BCUT2D eigenvalue weighted by Gasteiger charge is 2.59. The molecule has 0 saturated heterocycles. The first-order valence-corrected chi connectivity index (χ1v) is 11.3. The summed E-state index contributed by atoms with van der Waals surface area (Å²) in [5.41, 5.74) is 2.49. The molecule has 32 heavy (non-hydrogen) atoms. The Balaban J connectivity index is 1.50. The third-order valence-electron chi connectivity index (χ3n) is 6.84. The molecule has 1 fully saturated rings. The monoisotopic (exact) mass is 460 g/mol. The number of benzene rings is 1. The Hall–Kier alpha value is -1.92. The van der Waals surface area contributed by atoms with Gasteiger partial charge in [0.1, 0.15) is 5.75 Å². The lowest BCUT2D eigenvalue weighted by atomic mass is 9.70. The number of rotatable bonds is 8. The molecule has 2 aliphatic rings. The Bertz CT molecular complexity index is 775. The normalized spacial score (nSPS) is 25.7. The minimum absolute atomic E-state index is 0.284. The lowest BCUT2D eigenvalue weighted by Crippen LogP contribution is -2.45. The fourth-order valence-electron chi connectivity index (χ4n) is 4.98. The first kappa shape index (κ1) is 24.7. The molecular weight excluding hydrogens is 430 g/mol. The molecule has 2 unspecified atom stereocenters. The van der Waals surface area contributed by atoms with Gasteiger partial charge in [0.05, 0.1) is 0 Å². The van der Waals surface area contributed by atoms with Crippen LogP contribution in [-0.4, -0.2) is 18.5 Å². The predicted octanol–water partition coefficient (Wildman–Crippen LogP) is 8.53. The molecule has 2 aliphatic carbocycles. The van der Waals surface area contributed by atoms with Crippen molar-refractivity contribution in [1.29, 1.82) is 0 Å². The lowest BCUT2D eigenvalue weighted by Gasteiger charge is -2.35. The molecule has 0 spiro atoms. The minimum atomic E-state index is -5.69. The van der Waals surface area contributed by atoms with Crippen molar-refractivity contribution in [3.8, 4) is 5.75 Å². The summed E-state index contributed by atoms with van der Waals surface area (Å²) < 4.78 is 80.6. The summed E-state index contributed by atoms with van der Waals surface area (Å²) in [6.45, 7) is 3.78. The van der Waals surface area contributed by atoms with Gasteiger partial charge in [-0.05, 0) is 93.2 Å². The summed E-state index contributed by atoms with van der Waals surface area (Å²) in [6, 6.07) is 5.56. The van der Waals surface area contributed by atoms with Gasteiger partial charge in [0.25, 0.3) is 6.17 Å². The molecule has 3 rings (SSSR count). The topological polar surface area (TPSA) is 9.23 Å². The standard InChI is InChI=1S/C25H30F6O/c1-2-3-4-17-5-7-18(8-6-17)19-9-11-20(12-10-19)21-13-15-22(16-14-21)32-25(30,31)23(26)24(27,28)29/h2,5,13-16,18-20,23H,1,3-4,6-12H2. The molecule has 0 heterocycles. The van der Waals surface area contributed by atoms with Crippen LogP contribution in [0, 0.1) is 11.8 Å². The zero-order valence-electron chi connectivity index (χ0n) is 18.0. The largest absolute Gasteiger partial charge is 0.439 e. The number of alkyl halides is 6. The Morgan fingerprint density at radius 3 is 2.16 bits per heavy atom. The molecule has 1 saturated carbocycles. The van der Waals surface area contributed by atoms with E-state index in [0.29, 0.717) is 11.8 Å². The van der Waals surface area contributed by atoms with Crippen molar-refractivity contribution < 1.29 is 31.1 Å². The van der Waals surface area contributed by atoms with Crippen LogP contribution in [0.3, 0.4) is 0 Å². The molecule has 1 aromatic carbocycles. The number of halogens is 6. The maximum atomic E-state index is 13.4. The molecule has 0 bridgehead atoms. The number of ether oxygens (including phenoxy) is 1. The van der Waals surface area contributed by atoms with E-state index >= 15 is 0 Å². The molecule has 178 valence electrons. The van der Waals surface area contributed by atoms with E-state index in [1.165, 1.54) is 30.5 Å². The second-order valence-electron chi connectivity index (χ2n) is 8.97. The van der Waals surface area contributed by atoms with Gasteiger partial charge in [0, 0.05) is 0 Å². The molecular formula is C25H30F6O. The smallest absolute Gasteiger partial charge is 0.430 e. The van der Waals surface area contributed by atoms with E-state index in [1.807, 2.05) is 6.08 Å². The van der Waals surface area contributed by atoms with Crippen LogP contribution < -0.4 is 4.74 Å². The van der Waals surface area contributed by atoms with Crippen LogP contribution in [0.5, 0.6) is 5.75 Å². The van der Waals surface area contributed by atoms with Gasteiger partial charge in [-0.1, -0.05) is 29.9 Å². The summed E-state index contributed by atoms with van der Waals surface area (Å²) in [5, 5.41) is 0. The molecule has 2 atom stereocenters. The number of hydrogen-bond donors (Lipinski definition) is 0. The molecule has 0 amide bonds. The minimum Gasteiger partial charge on any atom is -0.430 e. The predicted molar refractivity (Wildman–Crippen MR) is 113 cm³/mol. The van der Waals surface area contributed by atoms with Crippen LogP contribution in [0.1, 0.15) is 69.3 Å². The number of hydrogen-bond acceptors (Lipinski definition) is 1. The highest BCUT2D eigenvalue weighted by Crippen LogP contribution is 2.43. The Morgan fingerprint density at radius 2 is 1.62 bits per heavy atom. The van der Waals surface area contributed by atoms with Crippen molar-refractivity contribution in [2.45, 2.75) is 82.2 Å². The first-order valence-electron chi connectivity index (χ1n) is 11.3. The average Bonchev–Trinajstić information content (AvgIpc) is 2.77. The fraction of sp³-hybridized carbons (Fsp3) is 0.600. The summed E-state index contributed by atoms with van der Waals surface area (Å²) >= 11 is 0. The maximum Gasteiger partial charge on any atom is 0.439 e. The van der Waals surface area contributed by atoms with Crippen molar-refractivity contribution in [2.75, 3.05) is 0 Å². The van der Waals surface area contributed by atoms with Gasteiger partial charge in [-0.2, -0.15) is 22.0 Å². The summed E-state index contributed by atoms with van der Waals surface area (Å²) in [4.78, 5) is 0. The van der Waals surface area contributed by atoms with E-state index in [2.05, 4.69) is 17.4 Å². The van der Waals surface area contributed by atoms with E-state index in [4.69, 9.17) is 0 Å². The molecule has 1 aromatic rings. The van der Waals surface area contributed by atoms with Gasteiger partial charge in [0.2, 0.25) is 0 Å². The Labute approximate surface area is 185 Å². The van der Waals surface area contributed by atoms with Crippen molar-refractivity contribution in [2.24, 2.45) is 11.8 Å². The SMILES string of the molecule is C=CCCC1=CCC(C2CCC(c3ccc(OC(F)(F)C(F)C(F)(F)F)cc3)CC2)CC1. The van der Waals surface area contributed by atoms with Gasteiger partial charge in [-0.15, -0.1) is 6.58 Å². The fourth-order valence-corrected chi connectivity index (χ4v) is 4.98. The first-order chi connectivity index (χ1) is 15.1. The molecule has 7 heteroatoms. The lowest BCUT2D eigenvalue weighted by molar-refractivity contribution is -0.304. The second-order valence-corrected chi connectivity index (χ2v) is 8.97. The van der Waals surface area contributed by atoms with Crippen LogP contribution in [0.15, 0.2) is 48.6 Å². The zero-order valence-corrected chi connectivity index (χ0v) is 18.0. The van der Waals surface area contributed by atoms with Gasteiger partial charge in [0.15, 0.2) is 0 Å². The third-order valence-corrected chi connectivity index (χ3v) is 6.84. The molecule has 0 N–H and O–H groups in total. The van der Waals surface area contributed by atoms with Gasteiger partial charge in [-0.3, -0.25) is 0 Å². The summed E-state index contributed by atoms with van der Waals surface area (Å²) in [5.74, 6) is 1.20. The molecule has 0 aliphatic heterocycles. The van der Waals surface area contributed by atoms with Crippen molar-refractivity contribution in [1.82, 2.24) is 0 Å². The van der Waals surface area contributed by atoms with Crippen LogP contribution in [0.25, 0.3) is 0 Å². The van der Waals surface area contributed by atoms with E-state index in [0.717, 1.165) is 50.5 Å². The highest BCUT2D eigenvalue weighted by atomic mass is 19.4. The zero-order chi connectivity index (χ0) is 23.4. The number of allylic oxidation sites excluding steroid dienone is 3. The summed E-state index contributed by atoms with van der Waals surface area (Å²) in [7, 11) is 0. The molecule has 0 aromatic heterocycles. The molecule has 0 radical (unpaired) electrons. The summed E-state index contributed by atoms with van der Waals surface area (Å²) in [6.07, 6.45) is -0.822. The van der Waals surface area contributed by atoms with E-state index in [-0.39, 0.29) is 5.92 Å². The maximum absolute atomic E-state index is 13.4. The van der Waals surface area contributed by atoms with E-state index in [9.17, 15) is 26.3 Å². The van der Waals surface area contributed by atoms with Crippen LogP contribution in [-0.2, 0) is 0 Å².